The van der Waals surface area contributed by atoms with Crippen LogP contribution in [0.4, 0.5) is 0 Å². The molecule has 4 aromatic rings. The zero-order valence-corrected chi connectivity index (χ0v) is 36.5. The summed E-state index contributed by atoms with van der Waals surface area (Å²) in [6, 6.07) is 29.0. The summed E-state index contributed by atoms with van der Waals surface area (Å²) in [7, 11) is 9.78. The van der Waals surface area contributed by atoms with Gasteiger partial charge in [-0.05, 0) is 172 Å². The van der Waals surface area contributed by atoms with Crippen molar-refractivity contribution in [1.82, 2.24) is 0 Å². The van der Waals surface area contributed by atoms with Gasteiger partial charge < -0.3 is 10.2 Å². The van der Waals surface area contributed by atoms with E-state index in [9.17, 15) is 10.2 Å². The van der Waals surface area contributed by atoms with Crippen molar-refractivity contribution in [3.05, 3.63) is 129 Å². The standard InChI is InChI=1S/C50H56N2O2.2ClH.Ti/c1-31-13-41(47(53)43(15-31)49-23-33-17-34(24-49)19-35(18-33)25-49)29-51-45(39-9-5-3-6-10-39)46(40-11-7-4-8-12-40)52-30-42-14-32(2)16-44(48(42)54)50-26-36-20-37(27-50)22-38(21-36)28-50;;;/h3-16,29-30,33-38,45-46,53-54H,17-28H2,1-2H3;2*1H;/q;;;+2/p-2/t33?,34?,35?,36?,37?,38?,45-,46-,49?,50?;;;/m1.../s1. The molecule has 0 radical (unpaired) electrons. The number of hydrogen-bond donors (Lipinski definition) is 2. The molecule has 12 rings (SSSR count). The normalized spacial score (nSPS) is 31.7. The summed E-state index contributed by atoms with van der Waals surface area (Å²) in [5.74, 6) is 5.65. The van der Waals surface area contributed by atoms with Crippen molar-refractivity contribution >= 4 is 31.0 Å². The molecule has 0 unspecified atom stereocenters. The van der Waals surface area contributed by atoms with Crippen LogP contribution in [-0.2, 0) is 27.9 Å². The number of hydrogen-bond acceptors (Lipinski definition) is 4. The molecule has 2 N–H and O–H groups in total. The minimum absolute atomic E-state index is 0.0913. The summed E-state index contributed by atoms with van der Waals surface area (Å²) in [5, 5.41) is 24.2. The first-order valence-electron chi connectivity index (χ1n) is 21.4. The summed E-state index contributed by atoms with van der Waals surface area (Å²) >= 11 is -0.556. The Labute approximate surface area is 356 Å². The molecule has 0 saturated heterocycles. The summed E-state index contributed by atoms with van der Waals surface area (Å²) in [4.78, 5) is 10.7. The van der Waals surface area contributed by atoms with Gasteiger partial charge in [0.15, 0.2) is 0 Å². The van der Waals surface area contributed by atoms with Crippen LogP contribution in [0.3, 0.4) is 0 Å². The van der Waals surface area contributed by atoms with E-state index in [-0.39, 0.29) is 22.9 Å². The van der Waals surface area contributed by atoms with Crippen molar-refractivity contribution < 1.29 is 27.2 Å². The number of nitrogens with zero attached hydrogens (tertiary/aromatic N) is 2. The van der Waals surface area contributed by atoms with Crippen molar-refractivity contribution in [2.75, 3.05) is 0 Å². The number of benzene rings is 4. The molecule has 8 aliphatic rings. The molecule has 0 amide bonds. The fourth-order valence-electron chi connectivity index (χ4n) is 13.8. The van der Waals surface area contributed by atoms with Crippen LogP contribution in [0.5, 0.6) is 11.5 Å². The molecule has 57 heavy (non-hydrogen) atoms. The predicted octanol–water partition coefficient (Wildman–Crippen LogP) is 13.0. The maximum atomic E-state index is 12.1. The molecule has 4 aromatic carbocycles. The molecule has 8 aliphatic carbocycles. The average Bonchev–Trinajstić information content (AvgIpc) is 3.18. The Kier molecular flexibility index (Phi) is 11.3. The molecule has 4 nitrogen and oxygen atoms in total. The molecule has 2 atom stereocenters. The first-order chi connectivity index (χ1) is 27.6. The van der Waals surface area contributed by atoms with Gasteiger partial charge in [-0.25, -0.2) is 0 Å². The van der Waals surface area contributed by atoms with Crippen LogP contribution in [-0.4, -0.2) is 22.6 Å². The van der Waals surface area contributed by atoms with Crippen molar-refractivity contribution in [2.45, 2.75) is 114 Å². The van der Waals surface area contributed by atoms with E-state index in [2.05, 4.69) is 86.6 Å². The van der Waals surface area contributed by atoms with Crippen LogP contribution in [0.25, 0.3) is 0 Å². The fraction of sp³-hybridized carbons (Fsp3) is 0.480. The van der Waals surface area contributed by atoms with E-state index < -0.39 is 17.0 Å². The van der Waals surface area contributed by atoms with E-state index in [1.54, 1.807) is 0 Å². The topological polar surface area (TPSA) is 65.2 Å². The molecule has 0 aromatic heterocycles. The second-order valence-corrected chi connectivity index (χ2v) is 21.8. The van der Waals surface area contributed by atoms with Crippen LogP contribution >= 0.6 is 18.6 Å². The van der Waals surface area contributed by atoms with Crippen LogP contribution in [0.2, 0.25) is 0 Å². The SMILES string of the molecule is Cc1cc(C=N[C@H](c2ccccc2)[C@H](N=Cc2cc(C)cc(C34CC5CC(CC(C5)C3)C4)c2O)c2ccccc2)c(O)c(C23CC4CC(CC(C4)C2)C3)c1.[Cl][Ti][Cl]. The van der Waals surface area contributed by atoms with Gasteiger partial charge in [0.1, 0.15) is 23.6 Å². The summed E-state index contributed by atoms with van der Waals surface area (Å²) in [5.41, 5.74) is 8.58. The number of rotatable bonds is 9. The van der Waals surface area contributed by atoms with Crippen LogP contribution in [0.15, 0.2) is 94.9 Å². The van der Waals surface area contributed by atoms with Gasteiger partial charge >= 0.3 is 35.6 Å². The Bertz CT molecular complexity index is 1910. The maximum absolute atomic E-state index is 12.1. The first-order valence-corrected chi connectivity index (χ1v) is 25.7. The third kappa shape index (κ3) is 7.83. The zero-order chi connectivity index (χ0) is 39.3. The number of aliphatic imine (C=N–C) groups is 2. The molecular weight excluding hydrogens is 779 g/mol. The van der Waals surface area contributed by atoms with E-state index in [0.29, 0.717) is 11.5 Å². The van der Waals surface area contributed by atoms with Gasteiger partial charge in [0.25, 0.3) is 0 Å². The summed E-state index contributed by atoms with van der Waals surface area (Å²) in [6.45, 7) is 4.33. The number of aromatic hydroxyl groups is 2. The van der Waals surface area contributed by atoms with Crippen molar-refractivity contribution in [1.29, 1.82) is 0 Å². The first kappa shape index (κ1) is 39.6. The number of phenolic OH excluding ortho intramolecular Hbond substituents is 2. The van der Waals surface area contributed by atoms with Crippen LogP contribution in [0, 0.1) is 49.4 Å². The minimum atomic E-state index is -0.556. The third-order valence-corrected chi connectivity index (χ3v) is 15.1. The Hall–Kier alpha value is -2.89. The van der Waals surface area contributed by atoms with E-state index in [1.165, 1.54) is 88.2 Å². The van der Waals surface area contributed by atoms with Crippen LogP contribution < -0.4 is 0 Å². The Morgan fingerprint density at radius 2 is 0.842 bits per heavy atom. The zero-order valence-electron chi connectivity index (χ0n) is 33.4. The second kappa shape index (κ2) is 16.3. The van der Waals surface area contributed by atoms with Crippen LogP contribution in [0.1, 0.15) is 134 Å². The molecule has 0 heterocycles. The number of halogens is 2. The quantitative estimate of drug-likeness (QED) is 0.130. The van der Waals surface area contributed by atoms with Gasteiger partial charge in [0.05, 0.1) is 0 Å². The fourth-order valence-corrected chi connectivity index (χ4v) is 13.8. The summed E-state index contributed by atoms with van der Waals surface area (Å²) in [6.07, 6.45) is 19.4. The van der Waals surface area contributed by atoms with E-state index in [4.69, 9.17) is 28.6 Å². The van der Waals surface area contributed by atoms with Gasteiger partial charge in [-0.2, -0.15) is 0 Å². The molecular formula is C50H56Cl2N2O2Ti. The Morgan fingerprint density at radius 3 is 1.14 bits per heavy atom. The number of phenols is 2. The summed E-state index contributed by atoms with van der Waals surface area (Å²) < 4.78 is 0. The van der Waals surface area contributed by atoms with Gasteiger partial charge in [0, 0.05) is 34.7 Å². The molecule has 0 aliphatic heterocycles. The Balaban J connectivity index is 0.00000137. The predicted molar refractivity (Wildman–Crippen MR) is 231 cm³/mol. The molecule has 0 spiro atoms. The molecule has 8 saturated carbocycles. The third-order valence-electron chi connectivity index (χ3n) is 15.1. The van der Waals surface area contributed by atoms with Crippen molar-refractivity contribution in [3.63, 3.8) is 0 Å². The van der Waals surface area contributed by atoms with E-state index in [1.807, 2.05) is 24.6 Å². The second-order valence-electron chi connectivity index (χ2n) is 19.2. The molecule has 8 fully saturated rings. The van der Waals surface area contributed by atoms with Crippen molar-refractivity contribution in [3.8, 4) is 11.5 Å². The van der Waals surface area contributed by atoms with Gasteiger partial charge in [-0.15, -0.1) is 0 Å². The monoisotopic (exact) mass is 834 g/mol. The Morgan fingerprint density at radius 1 is 0.544 bits per heavy atom. The number of aryl methyl sites for hydroxylation is 2. The molecule has 296 valence electrons. The van der Waals surface area contributed by atoms with E-state index >= 15 is 0 Å². The average molecular weight is 836 g/mol. The van der Waals surface area contributed by atoms with Crippen molar-refractivity contribution in [2.24, 2.45) is 45.5 Å². The van der Waals surface area contributed by atoms with E-state index in [0.717, 1.165) is 68.9 Å². The molecule has 8 bridgehead atoms. The molecule has 7 heteroatoms. The van der Waals surface area contributed by atoms with Gasteiger partial charge in [-0.3, -0.25) is 9.98 Å². The van der Waals surface area contributed by atoms with Gasteiger partial charge in [-0.1, -0.05) is 72.8 Å². The van der Waals surface area contributed by atoms with Gasteiger partial charge in [0.2, 0.25) is 0 Å².